The molecule has 17 heavy (non-hydrogen) atoms. The zero-order chi connectivity index (χ0) is 12.5. The maximum absolute atomic E-state index is 5.48. The van der Waals surface area contributed by atoms with Crippen LogP contribution in [0.2, 0.25) is 0 Å². The lowest BCUT2D eigenvalue weighted by Crippen LogP contribution is -2.23. The largest absolute Gasteiger partial charge is 0.379 e. The van der Waals surface area contributed by atoms with Crippen molar-refractivity contribution in [3.63, 3.8) is 0 Å². The van der Waals surface area contributed by atoms with Crippen LogP contribution in [0, 0.1) is 0 Å². The Labute approximate surface area is 111 Å². The Hall–Kier alpha value is -0.490. The first-order chi connectivity index (χ1) is 8.18. The van der Waals surface area contributed by atoms with Gasteiger partial charge in [-0.15, -0.1) is 0 Å². The zero-order valence-electron chi connectivity index (χ0n) is 10.4. The smallest absolute Gasteiger partial charge is 0.0593 e. The molecule has 0 atom stereocenters. The standard InChI is InChI=1S/C12H20BrN3O/c1-16(2)4-6-17-5-3-14-8-11-7-12(13)10-15-9-11/h7,9-10,14H,3-6,8H2,1-2H3. The van der Waals surface area contributed by atoms with Gasteiger partial charge in [-0.3, -0.25) is 4.98 Å². The summed E-state index contributed by atoms with van der Waals surface area (Å²) in [4.78, 5) is 6.22. The van der Waals surface area contributed by atoms with Crippen LogP contribution >= 0.6 is 15.9 Å². The van der Waals surface area contributed by atoms with Gasteiger partial charge in [0.15, 0.2) is 0 Å². The Morgan fingerprint density at radius 3 is 2.88 bits per heavy atom. The summed E-state index contributed by atoms with van der Waals surface area (Å²) >= 11 is 3.40. The fraction of sp³-hybridized carbons (Fsp3) is 0.583. The van der Waals surface area contributed by atoms with E-state index in [1.807, 2.05) is 20.3 Å². The molecule has 5 heteroatoms. The number of nitrogens with one attached hydrogen (secondary N) is 1. The minimum Gasteiger partial charge on any atom is -0.379 e. The predicted molar refractivity (Wildman–Crippen MR) is 73.0 cm³/mol. The van der Waals surface area contributed by atoms with Crippen LogP contribution in [0.5, 0.6) is 0 Å². The van der Waals surface area contributed by atoms with Gasteiger partial charge in [-0.1, -0.05) is 0 Å². The monoisotopic (exact) mass is 301 g/mol. The Balaban J connectivity index is 2.01. The molecular weight excluding hydrogens is 282 g/mol. The van der Waals surface area contributed by atoms with Crippen molar-refractivity contribution in [2.24, 2.45) is 0 Å². The van der Waals surface area contributed by atoms with Crippen LogP contribution in [0.1, 0.15) is 5.56 Å². The highest BCUT2D eigenvalue weighted by molar-refractivity contribution is 9.10. The molecule has 0 aliphatic rings. The highest BCUT2D eigenvalue weighted by Crippen LogP contribution is 2.08. The number of aromatic nitrogens is 1. The summed E-state index contributed by atoms with van der Waals surface area (Å²) < 4.78 is 6.49. The molecule has 1 N–H and O–H groups in total. The molecule has 0 radical (unpaired) electrons. The molecular formula is C12H20BrN3O. The topological polar surface area (TPSA) is 37.4 Å². The lowest BCUT2D eigenvalue weighted by Gasteiger charge is -2.10. The van der Waals surface area contributed by atoms with Gasteiger partial charge in [0.05, 0.1) is 13.2 Å². The van der Waals surface area contributed by atoms with Crippen molar-refractivity contribution in [1.29, 1.82) is 0 Å². The summed E-state index contributed by atoms with van der Waals surface area (Å²) in [6.07, 6.45) is 3.65. The average Bonchev–Trinajstić information content (AvgIpc) is 2.27. The van der Waals surface area contributed by atoms with Crippen molar-refractivity contribution in [3.8, 4) is 0 Å². The number of hydrogen-bond donors (Lipinski definition) is 1. The summed E-state index contributed by atoms with van der Waals surface area (Å²) in [5.74, 6) is 0. The molecule has 4 nitrogen and oxygen atoms in total. The van der Waals surface area contributed by atoms with Crippen LogP contribution in [0.3, 0.4) is 0 Å². The second-order valence-corrected chi connectivity index (χ2v) is 5.02. The van der Waals surface area contributed by atoms with Crippen LogP contribution in [0.25, 0.3) is 0 Å². The number of ether oxygens (including phenoxy) is 1. The van der Waals surface area contributed by atoms with Crippen LogP contribution in [0.4, 0.5) is 0 Å². The SMILES string of the molecule is CN(C)CCOCCNCc1cncc(Br)c1. The first-order valence-electron chi connectivity index (χ1n) is 5.71. The third kappa shape index (κ3) is 7.44. The zero-order valence-corrected chi connectivity index (χ0v) is 12.0. The van der Waals surface area contributed by atoms with Gasteiger partial charge in [0.25, 0.3) is 0 Å². The van der Waals surface area contributed by atoms with Gasteiger partial charge in [0, 0.05) is 36.5 Å². The van der Waals surface area contributed by atoms with Crippen LogP contribution in [0.15, 0.2) is 22.9 Å². The van der Waals surface area contributed by atoms with Crippen LogP contribution in [-0.2, 0) is 11.3 Å². The first kappa shape index (κ1) is 14.6. The van der Waals surface area contributed by atoms with E-state index in [4.69, 9.17) is 4.74 Å². The Morgan fingerprint density at radius 1 is 1.35 bits per heavy atom. The van der Waals surface area contributed by atoms with E-state index in [-0.39, 0.29) is 0 Å². The summed E-state index contributed by atoms with van der Waals surface area (Å²) in [7, 11) is 4.09. The summed E-state index contributed by atoms with van der Waals surface area (Å²) in [6, 6.07) is 2.06. The molecule has 0 saturated carbocycles. The molecule has 0 aliphatic carbocycles. The van der Waals surface area contributed by atoms with E-state index in [9.17, 15) is 0 Å². The highest BCUT2D eigenvalue weighted by atomic mass is 79.9. The van der Waals surface area contributed by atoms with Gasteiger partial charge < -0.3 is 15.0 Å². The van der Waals surface area contributed by atoms with Gasteiger partial charge in [0.1, 0.15) is 0 Å². The molecule has 0 unspecified atom stereocenters. The molecule has 1 aromatic heterocycles. The lowest BCUT2D eigenvalue weighted by molar-refractivity contribution is 0.119. The number of hydrogen-bond acceptors (Lipinski definition) is 4. The molecule has 1 heterocycles. The second kappa shape index (κ2) is 8.58. The van der Waals surface area contributed by atoms with Gasteiger partial charge in [-0.2, -0.15) is 0 Å². The van der Waals surface area contributed by atoms with Gasteiger partial charge in [-0.25, -0.2) is 0 Å². The van der Waals surface area contributed by atoms with Crippen molar-refractivity contribution in [2.45, 2.75) is 6.54 Å². The fourth-order valence-electron chi connectivity index (χ4n) is 1.28. The number of rotatable bonds is 8. The predicted octanol–water partition coefficient (Wildman–Crippen LogP) is 1.51. The second-order valence-electron chi connectivity index (χ2n) is 4.10. The summed E-state index contributed by atoms with van der Waals surface area (Å²) in [5, 5.41) is 3.32. The molecule has 96 valence electrons. The molecule has 0 aliphatic heterocycles. The van der Waals surface area contributed by atoms with Crippen molar-refractivity contribution >= 4 is 15.9 Å². The molecule has 0 aromatic carbocycles. The maximum atomic E-state index is 5.48. The molecule has 0 spiro atoms. The minimum absolute atomic E-state index is 0.745. The molecule has 0 saturated heterocycles. The third-order valence-electron chi connectivity index (χ3n) is 2.20. The highest BCUT2D eigenvalue weighted by Gasteiger charge is 1.95. The van der Waals surface area contributed by atoms with E-state index in [1.54, 1.807) is 6.20 Å². The van der Waals surface area contributed by atoms with Crippen molar-refractivity contribution in [3.05, 3.63) is 28.5 Å². The minimum atomic E-state index is 0.745. The molecule has 1 aromatic rings. The third-order valence-corrected chi connectivity index (χ3v) is 2.63. The molecule has 0 fully saturated rings. The number of likely N-dealkylation sites (N-methyl/N-ethyl adjacent to an activating group) is 1. The summed E-state index contributed by atoms with van der Waals surface area (Å²) in [5.41, 5.74) is 1.17. The normalized spacial score (nSPS) is 11.1. The van der Waals surface area contributed by atoms with Gasteiger partial charge >= 0.3 is 0 Å². The van der Waals surface area contributed by atoms with E-state index in [0.29, 0.717) is 0 Å². The van der Waals surface area contributed by atoms with Crippen LogP contribution < -0.4 is 5.32 Å². The first-order valence-corrected chi connectivity index (χ1v) is 6.50. The molecule has 0 bridgehead atoms. The van der Waals surface area contributed by atoms with E-state index in [1.165, 1.54) is 5.56 Å². The van der Waals surface area contributed by atoms with Crippen molar-refractivity contribution in [2.75, 3.05) is 40.4 Å². The Bertz CT molecular complexity index is 320. The number of nitrogens with zero attached hydrogens (tertiary/aromatic N) is 2. The summed E-state index contributed by atoms with van der Waals surface area (Å²) in [6.45, 7) is 4.18. The maximum Gasteiger partial charge on any atom is 0.0593 e. The Morgan fingerprint density at radius 2 is 2.18 bits per heavy atom. The van der Waals surface area contributed by atoms with E-state index < -0.39 is 0 Å². The fourth-order valence-corrected chi connectivity index (χ4v) is 1.69. The van der Waals surface area contributed by atoms with E-state index >= 15 is 0 Å². The van der Waals surface area contributed by atoms with Gasteiger partial charge in [0.2, 0.25) is 0 Å². The van der Waals surface area contributed by atoms with Crippen molar-refractivity contribution in [1.82, 2.24) is 15.2 Å². The van der Waals surface area contributed by atoms with Crippen LogP contribution in [-0.4, -0.2) is 50.3 Å². The lowest BCUT2D eigenvalue weighted by atomic mass is 10.3. The molecule has 1 rings (SSSR count). The Kier molecular flexibility index (Phi) is 7.35. The average molecular weight is 302 g/mol. The number of pyridine rings is 1. The van der Waals surface area contributed by atoms with E-state index in [0.717, 1.165) is 37.3 Å². The van der Waals surface area contributed by atoms with Gasteiger partial charge in [-0.05, 0) is 41.7 Å². The van der Waals surface area contributed by atoms with Crippen molar-refractivity contribution < 1.29 is 4.74 Å². The molecule has 0 amide bonds. The number of halogens is 1. The quantitative estimate of drug-likeness (QED) is 0.739. The van der Waals surface area contributed by atoms with E-state index in [2.05, 4.69) is 37.2 Å².